The van der Waals surface area contributed by atoms with Gasteiger partial charge in [-0.3, -0.25) is 10.1 Å². The molecule has 0 aliphatic carbocycles. The summed E-state index contributed by atoms with van der Waals surface area (Å²) in [5, 5.41) is 18.0. The van der Waals surface area contributed by atoms with E-state index in [9.17, 15) is 10.1 Å². The molecule has 0 aromatic carbocycles. The Morgan fingerprint density at radius 1 is 1.30 bits per heavy atom. The van der Waals surface area contributed by atoms with Crippen LogP contribution in [-0.2, 0) is 0 Å². The predicted octanol–water partition coefficient (Wildman–Crippen LogP) is 3.66. The molecule has 2 rings (SSSR count). The van der Waals surface area contributed by atoms with Crippen LogP contribution in [-0.4, -0.2) is 26.4 Å². The molecule has 2 aromatic rings. The van der Waals surface area contributed by atoms with Crippen LogP contribution in [0.15, 0.2) is 6.33 Å². The van der Waals surface area contributed by atoms with Gasteiger partial charge in [-0.15, -0.1) is 11.3 Å². The van der Waals surface area contributed by atoms with Crippen LogP contribution < -0.4 is 10.6 Å². The standard InChI is InChI=1S/C14H20N6O2S/c1-8(2)5-6-15-12-11(20(21)22)13(17-7-16-12)19-14-18-9(3)10(4)23-14/h7-8H,5-6H2,1-4H3,(H2,15,16,17,18,19). The molecule has 0 unspecified atom stereocenters. The molecule has 2 heterocycles. The van der Waals surface area contributed by atoms with E-state index >= 15 is 0 Å². The van der Waals surface area contributed by atoms with Crippen LogP contribution >= 0.6 is 11.3 Å². The molecule has 0 spiro atoms. The highest BCUT2D eigenvalue weighted by Gasteiger charge is 2.23. The van der Waals surface area contributed by atoms with Crippen molar-refractivity contribution < 1.29 is 4.92 Å². The number of hydrogen-bond donors (Lipinski definition) is 2. The molecule has 0 fully saturated rings. The zero-order valence-electron chi connectivity index (χ0n) is 13.6. The third-order valence-corrected chi connectivity index (χ3v) is 4.26. The van der Waals surface area contributed by atoms with Crippen LogP contribution in [0, 0.1) is 29.9 Å². The van der Waals surface area contributed by atoms with Crippen molar-refractivity contribution in [2.45, 2.75) is 34.1 Å². The van der Waals surface area contributed by atoms with Gasteiger partial charge in [-0.2, -0.15) is 0 Å². The molecule has 0 aliphatic heterocycles. The minimum atomic E-state index is -0.479. The van der Waals surface area contributed by atoms with Gasteiger partial charge in [-0.05, 0) is 26.2 Å². The zero-order chi connectivity index (χ0) is 17.0. The number of aromatic nitrogens is 3. The van der Waals surface area contributed by atoms with Crippen LogP contribution in [0.1, 0.15) is 30.8 Å². The van der Waals surface area contributed by atoms with Crippen LogP contribution in [0.2, 0.25) is 0 Å². The van der Waals surface area contributed by atoms with E-state index in [1.165, 1.54) is 17.7 Å². The highest BCUT2D eigenvalue weighted by molar-refractivity contribution is 7.15. The summed E-state index contributed by atoms with van der Waals surface area (Å²) < 4.78 is 0. The van der Waals surface area contributed by atoms with Crippen molar-refractivity contribution in [3.05, 3.63) is 27.0 Å². The van der Waals surface area contributed by atoms with Crippen molar-refractivity contribution in [1.29, 1.82) is 0 Å². The van der Waals surface area contributed by atoms with Gasteiger partial charge < -0.3 is 10.6 Å². The van der Waals surface area contributed by atoms with Crippen molar-refractivity contribution in [2.75, 3.05) is 17.2 Å². The summed E-state index contributed by atoms with van der Waals surface area (Å²) in [5.41, 5.74) is 0.728. The quantitative estimate of drug-likeness (QED) is 0.587. The number of nitrogens with zero attached hydrogens (tertiary/aromatic N) is 4. The van der Waals surface area contributed by atoms with E-state index in [1.54, 1.807) is 0 Å². The molecule has 2 aromatic heterocycles. The van der Waals surface area contributed by atoms with E-state index in [-0.39, 0.29) is 17.3 Å². The van der Waals surface area contributed by atoms with E-state index < -0.39 is 4.92 Å². The molecule has 8 nitrogen and oxygen atoms in total. The monoisotopic (exact) mass is 336 g/mol. The Hall–Kier alpha value is -2.29. The molecule has 0 saturated carbocycles. The van der Waals surface area contributed by atoms with Crippen molar-refractivity contribution in [2.24, 2.45) is 5.92 Å². The van der Waals surface area contributed by atoms with Gasteiger partial charge in [0.05, 0.1) is 10.6 Å². The second-order valence-electron chi connectivity index (χ2n) is 5.57. The Kier molecular flexibility index (Phi) is 5.43. The van der Waals surface area contributed by atoms with Crippen LogP contribution in [0.4, 0.5) is 22.5 Å². The third-order valence-electron chi connectivity index (χ3n) is 3.27. The molecule has 124 valence electrons. The molecule has 0 amide bonds. The number of aryl methyl sites for hydroxylation is 2. The number of nitro groups is 1. The smallest absolute Gasteiger partial charge is 0.353 e. The van der Waals surface area contributed by atoms with Gasteiger partial charge in [0.25, 0.3) is 0 Å². The van der Waals surface area contributed by atoms with Crippen molar-refractivity contribution in [3.8, 4) is 0 Å². The SMILES string of the molecule is Cc1nc(Nc2ncnc(NCCC(C)C)c2[N+](=O)[O-])sc1C. The van der Waals surface area contributed by atoms with Gasteiger partial charge in [0.2, 0.25) is 11.6 Å². The van der Waals surface area contributed by atoms with Gasteiger partial charge >= 0.3 is 5.69 Å². The highest BCUT2D eigenvalue weighted by Crippen LogP contribution is 2.32. The maximum absolute atomic E-state index is 11.4. The van der Waals surface area contributed by atoms with E-state index in [2.05, 4.69) is 39.4 Å². The molecule has 0 bridgehead atoms. The topological polar surface area (TPSA) is 106 Å². The lowest BCUT2D eigenvalue weighted by molar-refractivity contribution is -0.383. The summed E-state index contributed by atoms with van der Waals surface area (Å²) in [6.07, 6.45) is 2.20. The van der Waals surface area contributed by atoms with Gasteiger partial charge in [0, 0.05) is 11.4 Å². The van der Waals surface area contributed by atoms with Crippen molar-refractivity contribution in [1.82, 2.24) is 15.0 Å². The minimum absolute atomic E-state index is 0.144. The minimum Gasteiger partial charge on any atom is -0.364 e. The Balaban J connectivity index is 2.26. The first-order chi connectivity index (χ1) is 10.9. The number of hydrogen-bond acceptors (Lipinski definition) is 8. The maximum atomic E-state index is 11.4. The highest BCUT2D eigenvalue weighted by atomic mass is 32.1. The van der Waals surface area contributed by atoms with E-state index in [4.69, 9.17) is 0 Å². The molecule has 2 N–H and O–H groups in total. The van der Waals surface area contributed by atoms with E-state index in [0.717, 1.165) is 17.0 Å². The Labute approximate surface area is 138 Å². The predicted molar refractivity (Wildman–Crippen MR) is 91.5 cm³/mol. The number of rotatable bonds is 7. The summed E-state index contributed by atoms with van der Waals surface area (Å²) in [4.78, 5) is 24.3. The zero-order valence-corrected chi connectivity index (χ0v) is 14.4. The lowest BCUT2D eigenvalue weighted by Crippen LogP contribution is -2.10. The fourth-order valence-electron chi connectivity index (χ4n) is 1.88. The van der Waals surface area contributed by atoms with Gasteiger partial charge in [0.15, 0.2) is 5.13 Å². The number of anilines is 3. The first-order valence-electron chi connectivity index (χ1n) is 7.32. The Bertz CT molecular complexity index is 681. The largest absolute Gasteiger partial charge is 0.364 e. The van der Waals surface area contributed by atoms with Crippen LogP contribution in [0.25, 0.3) is 0 Å². The maximum Gasteiger partial charge on any atom is 0.353 e. The molecular weight excluding hydrogens is 316 g/mol. The average Bonchev–Trinajstić information content (AvgIpc) is 2.76. The Morgan fingerprint density at radius 3 is 2.57 bits per heavy atom. The summed E-state index contributed by atoms with van der Waals surface area (Å²) >= 11 is 1.43. The summed E-state index contributed by atoms with van der Waals surface area (Å²) in [6, 6.07) is 0. The van der Waals surface area contributed by atoms with Crippen LogP contribution in [0.5, 0.6) is 0 Å². The summed E-state index contributed by atoms with van der Waals surface area (Å²) in [6.45, 7) is 8.65. The van der Waals surface area contributed by atoms with E-state index in [0.29, 0.717) is 17.6 Å². The number of thiazole rings is 1. The summed E-state index contributed by atoms with van der Waals surface area (Å²) in [5.74, 6) is 0.867. The second-order valence-corrected chi connectivity index (χ2v) is 6.77. The molecule has 9 heteroatoms. The first-order valence-corrected chi connectivity index (χ1v) is 8.14. The molecule has 0 saturated heterocycles. The van der Waals surface area contributed by atoms with Gasteiger partial charge in [-0.1, -0.05) is 13.8 Å². The molecule has 0 aliphatic rings. The Morgan fingerprint density at radius 2 is 2.00 bits per heavy atom. The fraction of sp³-hybridized carbons (Fsp3) is 0.500. The van der Waals surface area contributed by atoms with Gasteiger partial charge in [-0.25, -0.2) is 15.0 Å². The number of nitrogens with one attached hydrogen (secondary N) is 2. The van der Waals surface area contributed by atoms with Crippen LogP contribution in [0.3, 0.4) is 0 Å². The second kappa shape index (κ2) is 7.32. The lowest BCUT2D eigenvalue weighted by Gasteiger charge is -2.09. The molecule has 0 radical (unpaired) electrons. The molecular formula is C14H20N6O2S. The normalized spacial score (nSPS) is 10.8. The van der Waals surface area contributed by atoms with E-state index in [1.807, 2.05) is 13.8 Å². The first kappa shape index (κ1) is 17.1. The molecule has 23 heavy (non-hydrogen) atoms. The fourth-order valence-corrected chi connectivity index (χ4v) is 2.69. The average molecular weight is 336 g/mol. The van der Waals surface area contributed by atoms with Crippen molar-refractivity contribution >= 4 is 33.8 Å². The van der Waals surface area contributed by atoms with Gasteiger partial charge in [0.1, 0.15) is 6.33 Å². The van der Waals surface area contributed by atoms with Crippen molar-refractivity contribution in [3.63, 3.8) is 0 Å². The molecule has 0 atom stereocenters. The third kappa shape index (κ3) is 4.35. The summed E-state index contributed by atoms with van der Waals surface area (Å²) in [7, 11) is 0. The lowest BCUT2D eigenvalue weighted by atomic mass is 10.1.